The summed E-state index contributed by atoms with van der Waals surface area (Å²) >= 11 is 0. The lowest BCUT2D eigenvalue weighted by atomic mass is 9.96. The number of rotatable bonds is 9. The molecule has 2 heteroatoms. The molecule has 0 saturated heterocycles. The topological polar surface area (TPSA) is 24.4 Å². The zero-order chi connectivity index (χ0) is 23.6. The van der Waals surface area contributed by atoms with Crippen molar-refractivity contribution in [1.29, 1.82) is 0 Å². The van der Waals surface area contributed by atoms with Crippen LogP contribution in [0.5, 0.6) is 0 Å². The van der Waals surface area contributed by atoms with Crippen LogP contribution in [0.3, 0.4) is 0 Å². The van der Waals surface area contributed by atoms with Gasteiger partial charge in [0.1, 0.15) is 0 Å². The average Bonchev–Trinajstić information content (AvgIpc) is 2.83. The van der Waals surface area contributed by atoms with E-state index in [2.05, 4.69) is 112 Å². The van der Waals surface area contributed by atoms with E-state index in [1.807, 2.05) is 18.2 Å². The molecular formula is C31H32N2. The Kier molecular flexibility index (Phi) is 8.37. The highest BCUT2D eigenvalue weighted by molar-refractivity contribution is 6.02. The molecular weight excluding hydrogens is 400 g/mol. The first-order valence-electron chi connectivity index (χ1n) is 11.2. The summed E-state index contributed by atoms with van der Waals surface area (Å²) in [6, 6.07) is 25.0. The molecule has 3 rings (SSSR count). The second kappa shape index (κ2) is 11.6. The highest BCUT2D eigenvalue weighted by atomic mass is 14.9. The smallest absolute Gasteiger partial charge is 0.0732 e. The fourth-order valence-electron chi connectivity index (χ4n) is 3.72. The molecule has 0 heterocycles. The number of nitrogens with zero attached hydrogens (tertiary/aromatic N) is 1. The summed E-state index contributed by atoms with van der Waals surface area (Å²) < 4.78 is 0. The molecule has 0 spiro atoms. The Morgan fingerprint density at radius 3 is 2.36 bits per heavy atom. The van der Waals surface area contributed by atoms with Gasteiger partial charge in [-0.3, -0.25) is 4.99 Å². The number of hydrogen-bond donors (Lipinski definition) is 1. The van der Waals surface area contributed by atoms with Crippen LogP contribution in [-0.4, -0.2) is 12.3 Å². The van der Waals surface area contributed by atoms with E-state index in [-0.39, 0.29) is 0 Å². The minimum Gasteiger partial charge on any atom is -0.381 e. The molecule has 0 aliphatic rings. The molecule has 0 saturated carbocycles. The van der Waals surface area contributed by atoms with Crippen molar-refractivity contribution in [3.8, 4) is 11.1 Å². The van der Waals surface area contributed by atoms with Crippen LogP contribution in [0.1, 0.15) is 30.5 Å². The van der Waals surface area contributed by atoms with Gasteiger partial charge >= 0.3 is 0 Å². The monoisotopic (exact) mass is 432 g/mol. The van der Waals surface area contributed by atoms with Gasteiger partial charge in [0, 0.05) is 23.5 Å². The minimum absolute atomic E-state index is 0.698. The van der Waals surface area contributed by atoms with E-state index in [1.165, 1.54) is 11.1 Å². The summed E-state index contributed by atoms with van der Waals surface area (Å²) in [5.74, 6) is 0. The van der Waals surface area contributed by atoms with Crippen molar-refractivity contribution in [2.24, 2.45) is 4.99 Å². The second-order valence-electron chi connectivity index (χ2n) is 8.04. The number of aliphatic imine (C=N–C) groups is 1. The largest absolute Gasteiger partial charge is 0.381 e. The summed E-state index contributed by atoms with van der Waals surface area (Å²) in [5.41, 5.74) is 9.58. The lowest BCUT2D eigenvalue weighted by Crippen LogP contribution is -2.14. The third kappa shape index (κ3) is 6.30. The van der Waals surface area contributed by atoms with E-state index >= 15 is 0 Å². The van der Waals surface area contributed by atoms with Gasteiger partial charge < -0.3 is 5.32 Å². The van der Waals surface area contributed by atoms with E-state index in [9.17, 15) is 0 Å². The molecule has 0 amide bonds. The minimum atomic E-state index is 0.698. The van der Waals surface area contributed by atoms with E-state index in [0.29, 0.717) is 6.54 Å². The molecule has 0 radical (unpaired) electrons. The van der Waals surface area contributed by atoms with Crippen molar-refractivity contribution in [2.45, 2.75) is 20.8 Å². The summed E-state index contributed by atoms with van der Waals surface area (Å²) in [5, 5.41) is 3.51. The maximum absolute atomic E-state index is 5.06. The molecule has 3 aromatic rings. The molecule has 0 bridgehead atoms. The molecule has 3 aromatic carbocycles. The van der Waals surface area contributed by atoms with Gasteiger partial charge in [0.2, 0.25) is 0 Å². The fourth-order valence-corrected chi connectivity index (χ4v) is 3.72. The van der Waals surface area contributed by atoms with Gasteiger partial charge in [0.25, 0.3) is 0 Å². The zero-order valence-corrected chi connectivity index (χ0v) is 19.8. The van der Waals surface area contributed by atoms with Crippen molar-refractivity contribution in [3.63, 3.8) is 0 Å². The van der Waals surface area contributed by atoms with E-state index in [4.69, 9.17) is 4.99 Å². The van der Waals surface area contributed by atoms with Crippen molar-refractivity contribution in [1.82, 2.24) is 5.32 Å². The van der Waals surface area contributed by atoms with Gasteiger partial charge in [0.15, 0.2) is 0 Å². The Morgan fingerprint density at radius 2 is 1.64 bits per heavy atom. The lowest BCUT2D eigenvalue weighted by Gasteiger charge is -2.18. The van der Waals surface area contributed by atoms with E-state index in [1.54, 1.807) is 6.08 Å². The number of benzene rings is 3. The summed E-state index contributed by atoms with van der Waals surface area (Å²) in [4.78, 5) is 5.06. The summed E-state index contributed by atoms with van der Waals surface area (Å²) in [7, 11) is 0. The van der Waals surface area contributed by atoms with Gasteiger partial charge in [-0.1, -0.05) is 110 Å². The molecule has 0 unspecified atom stereocenters. The predicted octanol–water partition coefficient (Wildman–Crippen LogP) is 8.05. The van der Waals surface area contributed by atoms with Crippen LogP contribution in [0.2, 0.25) is 0 Å². The molecule has 0 fully saturated rings. The van der Waals surface area contributed by atoms with Gasteiger partial charge in [-0.15, -0.1) is 0 Å². The van der Waals surface area contributed by atoms with Crippen LogP contribution in [0.15, 0.2) is 121 Å². The van der Waals surface area contributed by atoms with Crippen LogP contribution in [0.25, 0.3) is 16.8 Å². The SMILES string of the molecule is C=C/C=C\C=C(/C)CNC(=C)c1c(/N=C(\C)c2ccccc2C)cccc1-c1ccccc1. The Bertz CT molecular complexity index is 1210. The third-order valence-electron chi connectivity index (χ3n) is 5.46. The molecule has 0 aromatic heterocycles. The Labute approximate surface area is 198 Å². The molecule has 0 atom stereocenters. The molecule has 33 heavy (non-hydrogen) atoms. The quantitative estimate of drug-likeness (QED) is 0.268. The normalized spacial score (nSPS) is 12.1. The maximum Gasteiger partial charge on any atom is 0.0732 e. The lowest BCUT2D eigenvalue weighted by molar-refractivity contribution is 0.958. The van der Waals surface area contributed by atoms with Gasteiger partial charge in [-0.05, 0) is 49.1 Å². The molecule has 1 N–H and O–H groups in total. The van der Waals surface area contributed by atoms with Crippen molar-refractivity contribution < 1.29 is 0 Å². The summed E-state index contributed by atoms with van der Waals surface area (Å²) in [6.45, 7) is 15.1. The average molecular weight is 433 g/mol. The van der Waals surface area contributed by atoms with Crippen molar-refractivity contribution in [3.05, 3.63) is 133 Å². The highest BCUT2D eigenvalue weighted by Crippen LogP contribution is 2.35. The number of hydrogen-bond acceptors (Lipinski definition) is 2. The van der Waals surface area contributed by atoms with E-state index < -0.39 is 0 Å². The fraction of sp³-hybridized carbons (Fsp3) is 0.129. The van der Waals surface area contributed by atoms with Crippen LogP contribution >= 0.6 is 0 Å². The van der Waals surface area contributed by atoms with Crippen molar-refractivity contribution in [2.75, 3.05) is 6.54 Å². The van der Waals surface area contributed by atoms with Crippen LogP contribution in [0, 0.1) is 6.92 Å². The Hall–Kier alpha value is -3.91. The van der Waals surface area contributed by atoms with Crippen LogP contribution in [-0.2, 0) is 0 Å². The number of aryl methyl sites for hydroxylation is 1. The number of allylic oxidation sites excluding steroid dienone is 4. The first-order chi connectivity index (χ1) is 16.0. The molecule has 0 aliphatic carbocycles. The first kappa shape index (κ1) is 23.7. The first-order valence-corrected chi connectivity index (χ1v) is 11.2. The Balaban J connectivity index is 2.04. The molecule has 0 aliphatic heterocycles. The molecule has 166 valence electrons. The van der Waals surface area contributed by atoms with Gasteiger partial charge in [-0.25, -0.2) is 0 Å². The van der Waals surface area contributed by atoms with Crippen LogP contribution in [0.4, 0.5) is 5.69 Å². The zero-order valence-electron chi connectivity index (χ0n) is 19.8. The van der Waals surface area contributed by atoms with Gasteiger partial charge in [-0.2, -0.15) is 0 Å². The van der Waals surface area contributed by atoms with Gasteiger partial charge in [0.05, 0.1) is 5.69 Å². The Morgan fingerprint density at radius 1 is 0.909 bits per heavy atom. The molecule has 2 nitrogen and oxygen atoms in total. The van der Waals surface area contributed by atoms with Crippen molar-refractivity contribution >= 4 is 17.1 Å². The summed E-state index contributed by atoms with van der Waals surface area (Å²) in [6.07, 6.45) is 7.76. The number of nitrogens with one attached hydrogen (secondary N) is 1. The third-order valence-corrected chi connectivity index (χ3v) is 5.46. The maximum atomic E-state index is 5.06. The second-order valence-corrected chi connectivity index (χ2v) is 8.04. The predicted molar refractivity (Wildman–Crippen MR) is 145 cm³/mol. The highest BCUT2D eigenvalue weighted by Gasteiger charge is 2.14. The van der Waals surface area contributed by atoms with Crippen LogP contribution < -0.4 is 5.32 Å². The standard InChI is InChI=1S/C31H32N2/c1-6-7-9-15-23(2)22-32-26(5)31-29(27-17-10-8-11-18-27)20-14-21-30(31)33-25(4)28-19-13-12-16-24(28)3/h6-21,32H,1,5,22H2,2-4H3/b9-7-,23-15+,33-25+. The van der Waals surface area contributed by atoms with E-state index in [0.717, 1.165) is 39.3 Å².